The summed E-state index contributed by atoms with van der Waals surface area (Å²) in [5.74, 6) is -0.0189. The van der Waals surface area contributed by atoms with Crippen molar-refractivity contribution in [3.8, 4) is 0 Å². The van der Waals surface area contributed by atoms with Gasteiger partial charge in [-0.05, 0) is 25.5 Å². The van der Waals surface area contributed by atoms with Crippen LogP contribution in [0, 0.1) is 6.92 Å². The molecular formula is C17H20N4O. The van der Waals surface area contributed by atoms with Crippen molar-refractivity contribution >= 4 is 11.6 Å². The van der Waals surface area contributed by atoms with Crippen LogP contribution < -0.4 is 4.90 Å². The van der Waals surface area contributed by atoms with Crippen molar-refractivity contribution in [1.82, 2.24) is 14.9 Å². The molecule has 1 aromatic heterocycles. The van der Waals surface area contributed by atoms with Crippen LogP contribution in [-0.2, 0) is 0 Å². The van der Waals surface area contributed by atoms with Gasteiger partial charge in [-0.15, -0.1) is 0 Å². The Labute approximate surface area is 130 Å². The Bertz CT molecular complexity index is 659. The Morgan fingerprint density at radius 3 is 2.68 bits per heavy atom. The number of anilines is 1. The molecule has 3 rings (SSSR count). The number of rotatable bonds is 3. The average Bonchev–Trinajstić information content (AvgIpc) is 3.05. The van der Waals surface area contributed by atoms with Crippen LogP contribution in [0.25, 0.3) is 0 Å². The van der Waals surface area contributed by atoms with E-state index in [1.165, 1.54) is 5.69 Å². The summed E-state index contributed by atoms with van der Waals surface area (Å²) >= 11 is 0. The van der Waals surface area contributed by atoms with Crippen molar-refractivity contribution < 1.29 is 4.79 Å². The first kappa shape index (κ1) is 14.5. The van der Waals surface area contributed by atoms with Crippen molar-refractivity contribution in [1.29, 1.82) is 0 Å². The number of aryl methyl sites for hydroxylation is 1. The van der Waals surface area contributed by atoms with Gasteiger partial charge in [0.15, 0.2) is 0 Å². The third-order valence-electron chi connectivity index (χ3n) is 4.25. The Morgan fingerprint density at radius 1 is 1.23 bits per heavy atom. The first-order valence-electron chi connectivity index (χ1n) is 7.51. The molecule has 1 amide bonds. The molecule has 22 heavy (non-hydrogen) atoms. The molecule has 1 saturated heterocycles. The van der Waals surface area contributed by atoms with E-state index in [0.29, 0.717) is 17.4 Å². The molecule has 5 heteroatoms. The Hall–Kier alpha value is -2.43. The van der Waals surface area contributed by atoms with E-state index in [0.717, 1.165) is 19.5 Å². The van der Waals surface area contributed by atoms with E-state index >= 15 is 0 Å². The third kappa shape index (κ3) is 2.79. The van der Waals surface area contributed by atoms with E-state index in [9.17, 15) is 4.79 Å². The zero-order chi connectivity index (χ0) is 15.5. The molecule has 0 N–H and O–H groups in total. The number of hydrogen-bond acceptors (Lipinski definition) is 4. The van der Waals surface area contributed by atoms with Gasteiger partial charge in [-0.3, -0.25) is 9.78 Å². The quantitative estimate of drug-likeness (QED) is 0.870. The van der Waals surface area contributed by atoms with Crippen molar-refractivity contribution in [3.05, 3.63) is 54.1 Å². The van der Waals surface area contributed by atoms with Gasteiger partial charge in [0.2, 0.25) is 0 Å². The van der Waals surface area contributed by atoms with Crippen LogP contribution in [-0.4, -0.2) is 47.0 Å². The zero-order valence-electron chi connectivity index (χ0n) is 12.9. The van der Waals surface area contributed by atoms with Crippen LogP contribution in [0.1, 0.15) is 22.6 Å². The van der Waals surface area contributed by atoms with Crippen LogP contribution in [0.4, 0.5) is 5.69 Å². The average molecular weight is 296 g/mol. The van der Waals surface area contributed by atoms with Crippen LogP contribution in [0.3, 0.4) is 0 Å². The van der Waals surface area contributed by atoms with Gasteiger partial charge in [0.1, 0.15) is 5.69 Å². The molecule has 1 unspecified atom stereocenters. The maximum atomic E-state index is 12.6. The van der Waals surface area contributed by atoms with E-state index in [4.69, 9.17) is 0 Å². The fourth-order valence-electron chi connectivity index (χ4n) is 2.88. The molecule has 2 aromatic rings. The highest BCUT2D eigenvalue weighted by Crippen LogP contribution is 2.22. The molecule has 0 saturated carbocycles. The topological polar surface area (TPSA) is 49.3 Å². The minimum absolute atomic E-state index is 0.0189. The lowest BCUT2D eigenvalue weighted by Crippen LogP contribution is -2.37. The molecule has 1 aliphatic rings. The molecule has 1 atom stereocenters. The number of likely N-dealkylation sites (tertiary alicyclic amines) is 1. The van der Waals surface area contributed by atoms with Crippen LogP contribution >= 0.6 is 0 Å². The fraction of sp³-hybridized carbons (Fsp3) is 0.353. The number of benzene rings is 1. The van der Waals surface area contributed by atoms with Crippen LogP contribution in [0.2, 0.25) is 0 Å². The van der Waals surface area contributed by atoms with Gasteiger partial charge < -0.3 is 9.80 Å². The molecule has 114 valence electrons. The summed E-state index contributed by atoms with van der Waals surface area (Å²) < 4.78 is 0. The molecule has 1 aliphatic heterocycles. The second-order valence-corrected chi connectivity index (χ2v) is 5.63. The Balaban J connectivity index is 1.70. The lowest BCUT2D eigenvalue weighted by Gasteiger charge is -2.26. The monoisotopic (exact) mass is 296 g/mol. The van der Waals surface area contributed by atoms with Crippen LogP contribution in [0.5, 0.6) is 0 Å². The number of nitrogens with zero attached hydrogens (tertiary/aromatic N) is 4. The van der Waals surface area contributed by atoms with E-state index in [-0.39, 0.29) is 5.91 Å². The number of carbonyl (C=O) groups is 1. The fourth-order valence-corrected chi connectivity index (χ4v) is 2.88. The van der Waals surface area contributed by atoms with Gasteiger partial charge in [0, 0.05) is 44.3 Å². The molecule has 0 bridgehead atoms. The first-order valence-corrected chi connectivity index (χ1v) is 7.51. The van der Waals surface area contributed by atoms with Gasteiger partial charge >= 0.3 is 0 Å². The number of amides is 1. The van der Waals surface area contributed by atoms with E-state index in [1.54, 1.807) is 12.4 Å². The normalized spacial score (nSPS) is 17.5. The predicted octanol–water partition coefficient (Wildman–Crippen LogP) is 2.14. The van der Waals surface area contributed by atoms with Gasteiger partial charge in [-0.1, -0.05) is 18.2 Å². The Kier molecular flexibility index (Phi) is 4.04. The smallest absolute Gasteiger partial charge is 0.274 e. The zero-order valence-corrected chi connectivity index (χ0v) is 12.9. The van der Waals surface area contributed by atoms with Gasteiger partial charge in [0.25, 0.3) is 5.91 Å². The molecule has 0 radical (unpaired) electrons. The second kappa shape index (κ2) is 6.13. The second-order valence-electron chi connectivity index (χ2n) is 5.63. The van der Waals surface area contributed by atoms with Crippen molar-refractivity contribution in [2.24, 2.45) is 0 Å². The largest absolute Gasteiger partial charge is 0.370 e. The number of carbonyl (C=O) groups excluding carboxylic acids is 1. The van der Waals surface area contributed by atoms with Gasteiger partial charge in [-0.25, -0.2) is 4.98 Å². The standard InChI is InChI=1S/C17H20N4O/c1-13-16(19-10-9-18-13)17(22)21-11-8-15(12-21)20(2)14-6-4-3-5-7-14/h3-7,9-10,15H,8,11-12H2,1-2H3. The highest BCUT2D eigenvalue weighted by Gasteiger charge is 2.30. The summed E-state index contributed by atoms with van der Waals surface area (Å²) in [7, 11) is 2.08. The molecule has 1 aromatic carbocycles. The lowest BCUT2D eigenvalue weighted by molar-refractivity contribution is 0.0783. The number of hydrogen-bond donors (Lipinski definition) is 0. The SMILES string of the molecule is Cc1nccnc1C(=O)N1CCC(N(C)c2ccccc2)C1. The summed E-state index contributed by atoms with van der Waals surface area (Å²) in [6.45, 7) is 3.31. The number of para-hydroxylation sites is 1. The van der Waals surface area contributed by atoms with Gasteiger partial charge in [-0.2, -0.15) is 0 Å². The summed E-state index contributed by atoms with van der Waals surface area (Å²) in [6.07, 6.45) is 4.16. The molecule has 0 spiro atoms. The Morgan fingerprint density at radius 2 is 1.95 bits per heavy atom. The summed E-state index contributed by atoms with van der Waals surface area (Å²) in [4.78, 5) is 25.0. The molecule has 2 heterocycles. The summed E-state index contributed by atoms with van der Waals surface area (Å²) in [6, 6.07) is 10.6. The number of likely N-dealkylation sites (N-methyl/N-ethyl adjacent to an activating group) is 1. The van der Waals surface area contributed by atoms with Gasteiger partial charge in [0.05, 0.1) is 5.69 Å². The van der Waals surface area contributed by atoms with Crippen molar-refractivity contribution in [2.75, 3.05) is 25.0 Å². The van der Waals surface area contributed by atoms with Crippen molar-refractivity contribution in [2.45, 2.75) is 19.4 Å². The minimum Gasteiger partial charge on any atom is -0.370 e. The van der Waals surface area contributed by atoms with Crippen molar-refractivity contribution in [3.63, 3.8) is 0 Å². The number of aromatic nitrogens is 2. The molecular weight excluding hydrogens is 276 g/mol. The maximum Gasteiger partial charge on any atom is 0.274 e. The lowest BCUT2D eigenvalue weighted by atomic mass is 10.2. The summed E-state index contributed by atoms with van der Waals surface area (Å²) in [5, 5.41) is 0. The molecule has 5 nitrogen and oxygen atoms in total. The maximum absolute atomic E-state index is 12.6. The first-order chi connectivity index (χ1) is 10.7. The van der Waals surface area contributed by atoms with E-state index in [1.807, 2.05) is 30.0 Å². The van der Waals surface area contributed by atoms with Crippen LogP contribution in [0.15, 0.2) is 42.7 Å². The third-order valence-corrected chi connectivity index (χ3v) is 4.25. The highest BCUT2D eigenvalue weighted by atomic mass is 16.2. The minimum atomic E-state index is -0.0189. The summed E-state index contributed by atoms with van der Waals surface area (Å²) in [5.41, 5.74) is 2.33. The molecule has 0 aliphatic carbocycles. The predicted molar refractivity (Wildman–Crippen MR) is 85.9 cm³/mol. The van der Waals surface area contributed by atoms with E-state index < -0.39 is 0 Å². The van der Waals surface area contributed by atoms with E-state index in [2.05, 4.69) is 34.0 Å². The molecule has 1 fully saturated rings. The highest BCUT2D eigenvalue weighted by molar-refractivity contribution is 5.93.